The second kappa shape index (κ2) is 3.79. The van der Waals surface area contributed by atoms with Gasteiger partial charge in [-0.1, -0.05) is 11.2 Å². The highest BCUT2D eigenvalue weighted by Gasteiger charge is 2.08. The molecule has 0 unspecified atom stereocenters. The summed E-state index contributed by atoms with van der Waals surface area (Å²) in [6.45, 7) is 0. The molecule has 0 saturated heterocycles. The minimum atomic E-state index is -0.379. The van der Waals surface area contributed by atoms with Crippen LogP contribution in [0.1, 0.15) is 10.5 Å². The predicted octanol–water partition coefficient (Wildman–Crippen LogP) is 0.904. The maximum atomic E-state index is 11.6. The number of carbonyl (C=O) groups excluding carboxylic acids is 1. The zero-order valence-corrected chi connectivity index (χ0v) is 7.68. The molecule has 0 aliphatic heterocycles. The van der Waals surface area contributed by atoms with E-state index in [0.29, 0.717) is 11.6 Å². The lowest BCUT2D eigenvalue weighted by molar-refractivity contribution is 0.102. The fourth-order valence-corrected chi connectivity index (χ4v) is 1.04. The molecule has 0 spiro atoms. The molecular formula is C9H8N4O2. The summed E-state index contributed by atoms with van der Waals surface area (Å²) in [7, 11) is 0. The quantitative estimate of drug-likeness (QED) is 0.758. The maximum absolute atomic E-state index is 11.6. The summed E-state index contributed by atoms with van der Waals surface area (Å²) in [4.78, 5) is 15.4. The van der Waals surface area contributed by atoms with Crippen molar-refractivity contribution >= 4 is 17.5 Å². The Morgan fingerprint density at radius 3 is 2.93 bits per heavy atom. The summed E-state index contributed by atoms with van der Waals surface area (Å²) in [6, 6.07) is 6.35. The molecule has 0 aromatic carbocycles. The van der Waals surface area contributed by atoms with E-state index in [1.54, 1.807) is 18.2 Å². The van der Waals surface area contributed by atoms with E-state index in [1.807, 2.05) is 0 Å². The minimum absolute atomic E-state index is 0.234. The molecular weight excluding hydrogens is 196 g/mol. The number of carbonyl (C=O) groups is 1. The van der Waals surface area contributed by atoms with E-state index in [-0.39, 0.29) is 11.6 Å². The lowest BCUT2D eigenvalue weighted by Gasteiger charge is -2.00. The van der Waals surface area contributed by atoms with Crippen LogP contribution in [0, 0.1) is 0 Å². The standard InChI is InChI=1S/C9H8N4O2/c10-7-3-1-2-6(11-7)9(14)12-8-4-5-15-13-8/h1-5H,(H2,10,11)(H,12,13,14). The molecule has 3 N–H and O–H groups in total. The number of nitrogen functional groups attached to an aromatic ring is 1. The Labute approximate surface area is 85.1 Å². The van der Waals surface area contributed by atoms with Crippen LogP contribution in [-0.4, -0.2) is 16.0 Å². The molecule has 0 bridgehead atoms. The van der Waals surface area contributed by atoms with E-state index in [4.69, 9.17) is 5.73 Å². The van der Waals surface area contributed by atoms with Crippen molar-refractivity contribution in [2.24, 2.45) is 0 Å². The Bertz CT molecular complexity index is 467. The summed E-state index contributed by atoms with van der Waals surface area (Å²) >= 11 is 0. The van der Waals surface area contributed by atoms with E-state index in [0.717, 1.165) is 0 Å². The molecule has 2 heterocycles. The van der Waals surface area contributed by atoms with Crippen molar-refractivity contribution in [3.63, 3.8) is 0 Å². The topological polar surface area (TPSA) is 94.0 Å². The van der Waals surface area contributed by atoms with Crippen LogP contribution >= 0.6 is 0 Å². The van der Waals surface area contributed by atoms with Crippen molar-refractivity contribution in [1.29, 1.82) is 0 Å². The number of nitrogens with one attached hydrogen (secondary N) is 1. The monoisotopic (exact) mass is 204 g/mol. The van der Waals surface area contributed by atoms with E-state index < -0.39 is 0 Å². The maximum Gasteiger partial charge on any atom is 0.275 e. The number of pyridine rings is 1. The van der Waals surface area contributed by atoms with Gasteiger partial charge in [-0.3, -0.25) is 4.79 Å². The zero-order valence-electron chi connectivity index (χ0n) is 7.68. The number of nitrogens with zero attached hydrogens (tertiary/aromatic N) is 2. The first-order valence-corrected chi connectivity index (χ1v) is 4.20. The minimum Gasteiger partial charge on any atom is -0.384 e. The summed E-state index contributed by atoms with van der Waals surface area (Å²) in [5.41, 5.74) is 5.68. The molecule has 0 fully saturated rings. The van der Waals surface area contributed by atoms with Gasteiger partial charge in [-0.25, -0.2) is 4.98 Å². The molecule has 0 radical (unpaired) electrons. The van der Waals surface area contributed by atoms with E-state index in [9.17, 15) is 4.79 Å². The van der Waals surface area contributed by atoms with Gasteiger partial charge >= 0.3 is 0 Å². The SMILES string of the molecule is Nc1cccc(C(=O)Nc2ccon2)n1. The summed E-state index contributed by atoms with van der Waals surface area (Å²) < 4.78 is 4.57. The number of anilines is 2. The molecule has 0 atom stereocenters. The van der Waals surface area contributed by atoms with Crippen LogP contribution in [0.25, 0.3) is 0 Å². The largest absolute Gasteiger partial charge is 0.384 e. The van der Waals surface area contributed by atoms with Crippen LogP contribution in [0.4, 0.5) is 11.6 Å². The van der Waals surface area contributed by atoms with Gasteiger partial charge in [0.15, 0.2) is 5.82 Å². The second-order valence-electron chi connectivity index (χ2n) is 2.79. The van der Waals surface area contributed by atoms with Crippen LogP contribution in [0.2, 0.25) is 0 Å². The molecule has 15 heavy (non-hydrogen) atoms. The molecule has 2 aromatic heterocycles. The molecule has 6 heteroatoms. The lowest BCUT2D eigenvalue weighted by atomic mass is 10.3. The molecule has 0 aliphatic carbocycles. The van der Waals surface area contributed by atoms with Crippen LogP contribution < -0.4 is 11.1 Å². The Balaban J connectivity index is 2.15. The van der Waals surface area contributed by atoms with Crippen LogP contribution in [0.3, 0.4) is 0 Å². The van der Waals surface area contributed by atoms with Gasteiger partial charge in [-0.05, 0) is 12.1 Å². The average molecular weight is 204 g/mol. The van der Waals surface area contributed by atoms with Gasteiger partial charge in [0.25, 0.3) is 5.91 Å². The van der Waals surface area contributed by atoms with Gasteiger partial charge in [0.2, 0.25) is 0 Å². The van der Waals surface area contributed by atoms with Crippen molar-refractivity contribution in [3.05, 3.63) is 36.2 Å². The van der Waals surface area contributed by atoms with Crippen LogP contribution in [0.5, 0.6) is 0 Å². The van der Waals surface area contributed by atoms with Crippen molar-refractivity contribution in [2.75, 3.05) is 11.1 Å². The molecule has 76 valence electrons. The fourth-order valence-electron chi connectivity index (χ4n) is 1.04. The van der Waals surface area contributed by atoms with Crippen LogP contribution in [0.15, 0.2) is 35.1 Å². The van der Waals surface area contributed by atoms with E-state index >= 15 is 0 Å². The molecule has 0 saturated carbocycles. The Morgan fingerprint density at radius 1 is 1.40 bits per heavy atom. The lowest BCUT2D eigenvalue weighted by Crippen LogP contribution is -2.14. The predicted molar refractivity (Wildman–Crippen MR) is 53.1 cm³/mol. The van der Waals surface area contributed by atoms with Gasteiger partial charge < -0.3 is 15.6 Å². The number of hydrogen-bond donors (Lipinski definition) is 2. The van der Waals surface area contributed by atoms with Gasteiger partial charge in [0.05, 0.1) is 0 Å². The Hall–Kier alpha value is -2.37. The third kappa shape index (κ3) is 2.11. The zero-order chi connectivity index (χ0) is 10.7. The van der Waals surface area contributed by atoms with Gasteiger partial charge in [0, 0.05) is 6.07 Å². The number of rotatable bonds is 2. The molecule has 2 aromatic rings. The van der Waals surface area contributed by atoms with E-state index in [1.165, 1.54) is 12.3 Å². The van der Waals surface area contributed by atoms with Gasteiger partial charge in [-0.2, -0.15) is 0 Å². The summed E-state index contributed by atoms with van der Waals surface area (Å²) in [6.07, 6.45) is 1.36. The third-order valence-electron chi connectivity index (χ3n) is 1.68. The third-order valence-corrected chi connectivity index (χ3v) is 1.68. The van der Waals surface area contributed by atoms with Gasteiger partial charge in [0.1, 0.15) is 17.8 Å². The highest BCUT2D eigenvalue weighted by molar-refractivity contribution is 6.02. The van der Waals surface area contributed by atoms with Crippen molar-refractivity contribution in [1.82, 2.24) is 10.1 Å². The number of amides is 1. The van der Waals surface area contributed by atoms with Crippen molar-refractivity contribution in [2.45, 2.75) is 0 Å². The fraction of sp³-hybridized carbons (Fsp3) is 0. The number of hydrogen-bond acceptors (Lipinski definition) is 5. The Kier molecular flexibility index (Phi) is 2.32. The summed E-state index contributed by atoms with van der Waals surface area (Å²) in [5, 5.41) is 6.04. The molecule has 2 rings (SSSR count). The smallest absolute Gasteiger partial charge is 0.275 e. The highest BCUT2D eigenvalue weighted by Crippen LogP contribution is 2.05. The second-order valence-corrected chi connectivity index (χ2v) is 2.79. The molecule has 6 nitrogen and oxygen atoms in total. The van der Waals surface area contributed by atoms with Crippen molar-refractivity contribution in [3.8, 4) is 0 Å². The molecule has 0 aliphatic rings. The van der Waals surface area contributed by atoms with E-state index in [2.05, 4.69) is 20.0 Å². The normalized spacial score (nSPS) is 9.87. The Morgan fingerprint density at radius 2 is 2.27 bits per heavy atom. The first-order chi connectivity index (χ1) is 7.25. The van der Waals surface area contributed by atoms with Crippen LogP contribution in [-0.2, 0) is 0 Å². The van der Waals surface area contributed by atoms with Gasteiger partial charge in [-0.15, -0.1) is 0 Å². The highest BCUT2D eigenvalue weighted by atomic mass is 16.5. The number of nitrogens with two attached hydrogens (primary N) is 1. The first kappa shape index (κ1) is 9.20. The van der Waals surface area contributed by atoms with Crippen molar-refractivity contribution < 1.29 is 9.32 Å². The average Bonchev–Trinajstić information content (AvgIpc) is 2.70. The first-order valence-electron chi connectivity index (χ1n) is 4.20. The number of aromatic nitrogens is 2. The summed E-state index contributed by atoms with van der Waals surface area (Å²) in [5.74, 6) is 0.253. The molecule has 1 amide bonds.